The SMILES string of the molecule is CSCCC(N)C(=O)N1CCCC(c2nnc3n2CCCCC3)C1. The number of amides is 1. The van der Waals surface area contributed by atoms with E-state index in [2.05, 4.69) is 14.8 Å². The summed E-state index contributed by atoms with van der Waals surface area (Å²) >= 11 is 1.74. The summed E-state index contributed by atoms with van der Waals surface area (Å²) in [6, 6.07) is -0.369. The molecule has 2 unspecified atom stereocenters. The summed E-state index contributed by atoms with van der Waals surface area (Å²) in [5, 5.41) is 8.91. The molecule has 2 N–H and O–H groups in total. The summed E-state index contributed by atoms with van der Waals surface area (Å²) in [6.07, 6.45) is 9.61. The average molecular weight is 352 g/mol. The third-order valence-electron chi connectivity index (χ3n) is 5.19. The molecule has 2 atom stereocenters. The molecular weight excluding hydrogens is 322 g/mol. The molecule has 134 valence electrons. The first-order valence-corrected chi connectivity index (χ1v) is 10.6. The van der Waals surface area contributed by atoms with Crippen LogP contribution in [0.15, 0.2) is 0 Å². The molecular formula is C17H29N5OS. The van der Waals surface area contributed by atoms with Crippen LogP contribution in [0.2, 0.25) is 0 Å². The second-order valence-electron chi connectivity index (χ2n) is 6.95. The quantitative estimate of drug-likeness (QED) is 0.875. The number of likely N-dealkylation sites (tertiary alicyclic amines) is 1. The number of nitrogens with zero attached hydrogens (tertiary/aromatic N) is 4. The number of fused-ring (bicyclic) bond motifs is 1. The predicted molar refractivity (Wildman–Crippen MR) is 97.1 cm³/mol. The highest BCUT2D eigenvalue weighted by atomic mass is 32.2. The van der Waals surface area contributed by atoms with E-state index < -0.39 is 0 Å². The van der Waals surface area contributed by atoms with Crippen LogP contribution in [0, 0.1) is 0 Å². The molecule has 6 nitrogen and oxygen atoms in total. The summed E-state index contributed by atoms with van der Waals surface area (Å²) in [7, 11) is 0. The summed E-state index contributed by atoms with van der Waals surface area (Å²) < 4.78 is 2.32. The number of piperidine rings is 1. The minimum absolute atomic E-state index is 0.101. The average Bonchev–Trinajstić information content (AvgIpc) is 2.87. The van der Waals surface area contributed by atoms with Crippen LogP contribution >= 0.6 is 11.8 Å². The van der Waals surface area contributed by atoms with Gasteiger partial charge in [0.15, 0.2) is 0 Å². The Morgan fingerprint density at radius 3 is 3.00 bits per heavy atom. The molecule has 0 spiro atoms. The van der Waals surface area contributed by atoms with Crippen molar-refractivity contribution >= 4 is 17.7 Å². The Hall–Kier alpha value is -1.08. The van der Waals surface area contributed by atoms with Gasteiger partial charge in [0, 0.05) is 32.0 Å². The molecule has 2 aliphatic rings. The molecule has 0 aromatic carbocycles. The van der Waals surface area contributed by atoms with Crippen molar-refractivity contribution in [2.24, 2.45) is 5.73 Å². The lowest BCUT2D eigenvalue weighted by Gasteiger charge is -2.34. The first kappa shape index (κ1) is 17.7. The van der Waals surface area contributed by atoms with Gasteiger partial charge in [-0.05, 0) is 44.1 Å². The third-order valence-corrected chi connectivity index (χ3v) is 5.83. The summed E-state index contributed by atoms with van der Waals surface area (Å²) in [4.78, 5) is 14.6. The van der Waals surface area contributed by atoms with E-state index >= 15 is 0 Å². The minimum Gasteiger partial charge on any atom is -0.341 e. The molecule has 3 rings (SSSR count). The zero-order chi connectivity index (χ0) is 16.9. The first-order chi connectivity index (χ1) is 11.7. The van der Waals surface area contributed by atoms with Gasteiger partial charge in [0.2, 0.25) is 5.91 Å². The van der Waals surface area contributed by atoms with Gasteiger partial charge < -0.3 is 15.2 Å². The van der Waals surface area contributed by atoms with Crippen molar-refractivity contribution in [1.82, 2.24) is 19.7 Å². The van der Waals surface area contributed by atoms with Crippen molar-refractivity contribution < 1.29 is 4.79 Å². The van der Waals surface area contributed by atoms with Crippen molar-refractivity contribution in [2.75, 3.05) is 25.1 Å². The number of aromatic nitrogens is 3. The van der Waals surface area contributed by atoms with Crippen molar-refractivity contribution in [3.8, 4) is 0 Å². The van der Waals surface area contributed by atoms with E-state index in [4.69, 9.17) is 5.73 Å². The first-order valence-electron chi connectivity index (χ1n) is 9.16. The Labute approximate surface area is 148 Å². The molecule has 1 aromatic heterocycles. The lowest BCUT2D eigenvalue weighted by atomic mass is 9.96. The number of hydrogen-bond donors (Lipinski definition) is 1. The monoisotopic (exact) mass is 351 g/mol. The maximum Gasteiger partial charge on any atom is 0.239 e. The number of carbonyl (C=O) groups is 1. The fraction of sp³-hybridized carbons (Fsp3) is 0.824. The predicted octanol–water partition coefficient (Wildman–Crippen LogP) is 1.79. The van der Waals surface area contributed by atoms with E-state index in [0.29, 0.717) is 5.92 Å². The molecule has 1 amide bonds. The number of hydrogen-bond acceptors (Lipinski definition) is 5. The standard InChI is InChI=1S/C17H29N5OS/c1-24-11-8-14(18)17(23)21-9-5-6-13(12-21)16-20-19-15-7-3-2-4-10-22(15)16/h13-14H,2-12,18H2,1H3. The van der Waals surface area contributed by atoms with Gasteiger partial charge >= 0.3 is 0 Å². The van der Waals surface area contributed by atoms with E-state index in [1.807, 2.05) is 11.2 Å². The van der Waals surface area contributed by atoms with Crippen LogP contribution < -0.4 is 5.73 Å². The highest BCUT2D eigenvalue weighted by Gasteiger charge is 2.31. The van der Waals surface area contributed by atoms with Crippen molar-refractivity contribution in [1.29, 1.82) is 0 Å². The fourth-order valence-electron chi connectivity index (χ4n) is 3.80. The van der Waals surface area contributed by atoms with E-state index in [0.717, 1.165) is 62.7 Å². The van der Waals surface area contributed by atoms with Gasteiger partial charge in [0.25, 0.3) is 0 Å². The second-order valence-corrected chi connectivity index (χ2v) is 7.93. The second kappa shape index (κ2) is 8.34. The minimum atomic E-state index is -0.369. The lowest BCUT2D eigenvalue weighted by Crippen LogP contribution is -2.48. The van der Waals surface area contributed by atoms with Crippen LogP contribution in [0.5, 0.6) is 0 Å². The topological polar surface area (TPSA) is 77.0 Å². The van der Waals surface area contributed by atoms with Crippen molar-refractivity contribution in [2.45, 2.75) is 63.5 Å². The molecule has 0 aliphatic carbocycles. The Kier molecular flexibility index (Phi) is 6.16. The van der Waals surface area contributed by atoms with Crippen LogP contribution in [0.4, 0.5) is 0 Å². The van der Waals surface area contributed by atoms with Gasteiger partial charge in [0.1, 0.15) is 11.6 Å². The zero-order valence-corrected chi connectivity index (χ0v) is 15.4. The van der Waals surface area contributed by atoms with Crippen LogP contribution in [0.25, 0.3) is 0 Å². The van der Waals surface area contributed by atoms with Gasteiger partial charge in [0.05, 0.1) is 6.04 Å². The molecule has 1 aromatic rings. The van der Waals surface area contributed by atoms with Crippen molar-refractivity contribution in [3.63, 3.8) is 0 Å². The number of aryl methyl sites for hydroxylation is 1. The number of thioether (sulfide) groups is 1. The highest BCUT2D eigenvalue weighted by Crippen LogP contribution is 2.28. The maximum atomic E-state index is 12.6. The Morgan fingerprint density at radius 2 is 2.17 bits per heavy atom. The van der Waals surface area contributed by atoms with Gasteiger partial charge in [-0.1, -0.05) is 6.42 Å². The highest BCUT2D eigenvalue weighted by molar-refractivity contribution is 7.98. The van der Waals surface area contributed by atoms with E-state index in [9.17, 15) is 4.79 Å². The molecule has 3 heterocycles. The van der Waals surface area contributed by atoms with E-state index in [1.165, 1.54) is 19.3 Å². The summed E-state index contributed by atoms with van der Waals surface area (Å²) in [5.41, 5.74) is 6.09. The van der Waals surface area contributed by atoms with Crippen LogP contribution in [-0.2, 0) is 17.8 Å². The normalized spacial score (nSPS) is 22.8. The molecule has 0 radical (unpaired) electrons. The summed E-state index contributed by atoms with van der Waals surface area (Å²) in [6.45, 7) is 2.59. The lowest BCUT2D eigenvalue weighted by molar-refractivity contribution is -0.133. The van der Waals surface area contributed by atoms with Gasteiger partial charge in [-0.25, -0.2) is 0 Å². The Bertz CT molecular complexity index is 561. The van der Waals surface area contributed by atoms with Gasteiger partial charge in [-0.2, -0.15) is 11.8 Å². The molecule has 7 heteroatoms. The van der Waals surface area contributed by atoms with E-state index in [-0.39, 0.29) is 11.9 Å². The van der Waals surface area contributed by atoms with Crippen LogP contribution in [0.1, 0.15) is 56.1 Å². The summed E-state index contributed by atoms with van der Waals surface area (Å²) in [5.74, 6) is 3.55. The van der Waals surface area contributed by atoms with Gasteiger partial charge in [-0.3, -0.25) is 4.79 Å². The Morgan fingerprint density at radius 1 is 1.29 bits per heavy atom. The van der Waals surface area contributed by atoms with E-state index in [1.54, 1.807) is 11.8 Å². The number of rotatable bonds is 5. The van der Waals surface area contributed by atoms with Crippen molar-refractivity contribution in [3.05, 3.63) is 11.6 Å². The molecule has 1 fully saturated rings. The molecule has 1 saturated heterocycles. The third kappa shape index (κ3) is 3.94. The number of nitrogens with two attached hydrogens (primary N) is 1. The van der Waals surface area contributed by atoms with Crippen LogP contribution in [0.3, 0.4) is 0 Å². The molecule has 24 heavy (non-hydrogen) atoms. The smallest absolute Gasteiger partial charge is 0.239 e. The molecule has 2 aliphatic heterocycles. The largest absolute Gasteiger partial charge is 0.341 e. The molecule has 0 saturated carbocycles. The Balaban J connectivity index is 1.67. The van der Waals surface area contributed by atoms with Gasteiger partial charge in [-0.15, -0.1) is 10.2 Å². The number of carbonyl (C=O) groups excluding carboxylic acids is 1. The molecule has 0 bridgehead atoms. The maximum absolute atomic E-state index is 12.6. The zero-order valence-electron chi connectivity index (χ0n) is 14.6. The fourth-order valence-corrected chi connectivity index (χ4v) is 4.29. The van der Waals surface area contributed by atoms with Crippen LogP contribution in [-0.4, -0.2) is 56.7 Å².